The van der Waals surface area contributed by atoms with Crippen LogP contribution < -0.4 is 0 Å². The van der Waals surface area contributed by atoms with Crippen molar-refractivity contribution in [1.82, 2.24) is 0 Å². The lowest BCUT2D eigenvalue weighted by atomic mass is 9.68. The molecule has 0 aromatic rings. The Kier molecular flexibility index (Phi) is 10.8. The van der Waals surface area contributed by atoms with Crippen LogP contribution in [-0.2, 0) is 4.84 Å². The largest absolute Gasteiger partial charge is 0.396 e. The van der Waals surface area contributed by atoms with Gasteiger partial charge in [0.2, 0.25) is 0 Å². The maximum absolute atomic E-state index is 5.48. The number of allylic oxidation sites excluding steroid dienone is 4. The summed E-state index contributed by atoms with van der Waals surface area (Å²) in [5.41, 5.74) is 2.79. The molecule has 2 nitrogen and oxygen atoms in total. The monoisotopic (exact) mass is 347 g/mol. The van der Waals surface area contributed by atoms with E-state index < -0.39 is 0 Å². The third-order valence-electron chi connectivity index (χ3n) is 5.42. The average molecular weight is 348 g/mol. The van der Waals surface area contributed by atoms with Crippen LogP contribution in [-0.4, -0.2) is 12.3 Å². The van der Waals surface area contributed by atoms with E-state index in [9.17, 15) is 0 Å². The van der Waals surface area contributed by atoms with Gasteiger partial charge >= 0.3 is 0 Å². The number of rotatable bonds is 12. The van der Waals surface area contributed by atoms with Gasteiger partial charge < -0.3 is 4.84 Å². The molecule has 0 spiro atoms. The molecular weight excluding hydrogens is 306 g/mol. The van der Waals surface area contributed by atoms with Crippen molar-refractivity contribution in [2.45, 2.75) is 98.8 Å². The van der Waals surface area contributed by atoms with Crippen LogP contribution in [0.3, 0.4) is 0 Å². The molecule has 1 aliphatic carbocycles. The molecule has 1 atom stereocenters. The third kappa shape index (κ3) is 9.28. The van der Waals surface area contributed by atoms with Crippen molar-refractivity contribution in [3.63, 3.8) is 0 Å². The fraction of sp³-hybridized carbons (Fsp3) is 0.783. The highest BCUT2D eigenvalue weighted by atomic mass is 16.6. The number of hydrogen-bond acceptors (Lipinski definition) is 2. The lowest BCUT2D eigenvalue weighted by molar-refractivity contribution is 0.139. The molecule has 0 saturated carbocycles. The Morgan fingerprint density at radius 1 is 1.16 bits per heavy atom. The Labute approximate surface area is 156 Å². The Morgan fingerprint density at radius 3 is 2.44 bits per heavy atom. The highest BCUT2D eigenvalue weighted by molar-refractivity contribution is 5.92. The van der Waals surface area contributed by atoms with Crippen molar-refractivity contribution in [3.05, 3.63) is 23.8 Å². The molecule has 1 aliphatic rings. The third-order valence-corrected chi connectivity index (χ3v) is 5.42. The molecule has 0 fully saturated rings. The predicted molar refractivity (Wildman–Crippen MR) is 111 cm³/mol. The van der Waals surface area contributed by atoms with E-state index in [1.165, 1.54) is 63.4 Å². The molecule has 1 rings (SSSR count). The second-order valence-corrected chi connectivity index (χ2v) is 8.35. The number of hydrogen-bond donors (Lipinski definition) is 0. The van der Waals surface area contributed by atoms with Gasteiger partial charge in [-0.25, -0.2) is 0 Å². The van der Waals surface area contributed by atoms with Gasteiger partial charge in [0, 0.05) is 5.92 Å². The molecule has 144 valence electrons. The van der Waals surface area contributed by atoms with Gasteiger partial charge in [-0.15, -0.1) is 0 Å². The second kappa shape index (κ2) is 12.3. The average Bonchev–Trinajstić information content (AvgIpc) is 2.55. The van der Waals surface area contributed by atoms with Gasteiger partial charge in [-0.05, 0) is 51.0 Å². The highest BCUT2D eigenvalue weighted by Gasteiger charge is 2.30. The zero-order chi connectivity index (χ0) is 18.5. The molecule has 0 amide bonds. The molecule has 0 saturated heterocycles. The van der Waals surface area contributed by atoms with Crippen molar-refractivity contribution in [1.29, 1.82) is 0 Å². The van der Waals surface area contributed by atoms with E-state index in [2.05, 4.69) is 51.1 Å². The summed E-state index contributed by atoms with van der Waals surface area (Å²) >= 11 is 0. The molecule has 0 aliphatic heterocycles. The summed E-state index contributed by atoms with van der Waals surface area (Å²) in [5.74, 6) is 0.513. The van der Waals surface area contributed by atoms with Crippen molar-refractivity contribution < 1.29 is 4.84 Å². The summed E-state index contributed by atoms with van der Waals surface area (Å²) < 4.78 is 0. The molecule has 1 unspecified atom stereocenters. The number of unbranched alkanes of at least 4 members (excludes halogenated alkanes) is 7. The summed E-state index contributed by atoms with van der Waals surface area (Å²) in [6.45, 7) is 12.0. The summed E-state index contributed by atoms with van der Waals surface area (Å²) in [5, 5.41) is 4.25. The lowest BCUT2D eigenvalue weighted by Gasteiger charge is -2.36. The Hall–Kier alpha value is -1.05. The molecule has 0 N–H and O–H groups in total. The standard InChI is InChI=1S/C23H41NO/c1-6-7-8-9-10-11-12-13-19-25-24-21(3)16-17-22-20(2)15-14-18-23(22,4)5/h15-17,22H,6-14,18-19H2,1-5H3/b17-16+,24-21-. The summed E-state index contributed by atoms with van der Waals surface area (Å²) in [4.78, 5) is 5.48. The number of nitrogens with zero attached hydrogens (tertiary/aromatic N) is 1. The van der Waals surface area contributed by atoms with Crippen LogP contribution in [0, 0.1) is 11.3 Å². The van der Waals surface area contributed by atoms with Crippen LogP contribution >= 0.6 is 0 Å². The minimum atomic E-state index is 0.341. The first-order chi connectivity index (χ1) is 12.0. The van der Waals surface area contributed by atoms with Gasteiger partial charge in [0.15, 0.2) is 0 Å². The normalized spacial score (nSPS) is 20.8. The SMILES string of the molecule is CCCCCCCCCCO/N=C(C)\C=C\C1C(C)=CCCC1(C)C. The van der Waals surface area contributed by atoms with E-state index in [4.69, 9.17) is 4.84 Å². The summed E-state index contributed by atoms with van der Waals surface area (Å²) in [6.07, 6.45) is 19.9. The van der Waals surface area contributed by atoms with E-state index in [0.717, 1.165) is 18.7 Å². The first-order valence-electron chi connectivity index (χ1n) is 10.5. The van der Waals surface area contributed by atoms with E-state index in [-0.39, 0.29) is 0 Å². The molecule has 0 aromatic carbocycles. The number of oxime groups is 1. The highest BCUT2D eigenvalue weighted by Crippen LogP contribution is 2.41. The minimum absolute atomic E-state index is 0.341. The smallest absolute Gasteiger partial charge is 0.117 e. The van der Waals surface area contributed by atoms with Gasteiger partial charge in [-0.2, -0.15) is 0 Å². The van der Waals surface area contributed by atoms with Crippen molar-refractivity contribution in [2.75, 3.05) is 6.61 Å². The van der Waals surface area contributed by atoms with Gasteiger partial charge in [-0.1, -0.05) is 82.2 Å². The van der Waals surface area contributed by atoms with E-state index in [0.29, 0.717) is 11.3 Å². The van der Waals surface area contributed by atoms with Crippen LogP contribution in [0.2, 0.25) is 0 Å². The van der Waals surface area contributed by atoms with E-state index in [1.54, 1.807) is 0 Å². The summed E-state index contributed by atoms with van der Waals surface area (Å²) in [6, 6.07) is 0. The molecule has 0 aromatic heterocycles. The van der Waals surface area contributed by atoms with Crippen LogP contribution in [0.1, 0.15) is 98.8 Å². The maximum Gasteiger partial charge on any atom is 0.117 e. The maximum atomic E-state index is 5.48. The molecule has 0 radical (unpaired) electrons. The molecular formula is C23H41NO. The first-order valence-corrected chi connectivity index (χ1v) is 10.5. The molecule has 0 heterocycles. The molecule has 0 bridgehead atoms. The second-order valence-electron chi connectivity index (χ2n) is 8.35. The molecule has 2 heteroatoms. The quantitative estimate of drug-likeness (QED) is 0.155. The van der Waals surface area contributed by atoms with Gasteiger partial charge in [-0.3, -0.25) is 0 Å². The van der Waals surface area contributed by atoms with Crippen LogP contribution in [0.15, 0.2) is 29.0 Å². The van der Waals surface area contributed by atoms with Crippen LogP contribution in [0.4, 0.5) is 0 Å². The Balaban J connectivity index is 2.19. The zero-order valence-corrected chi connectivity index (χ0v) is 17.4. The van der Waals surface area contributed by atoms with E-state index in [1.807, 2.05) is 6.92 Å². The van der Waals surface area contributed by atoms with Crippen LogP contribution in [0.25, 0.3) is 0 Å². The fourth-order valence-corrected chi connectivity index (χ4v) is 3.70. The van der Waals surface area contributed by atoms with E-state index >= 15 is 0 Å². The fourth-order valence-electron chi connectivity index (χ4n) is 3.70. The predicted octanol–water partition coefficient (Wildman–Crippen LogP) is 7.46. The zero-order valence-electron chi connectivity index (χ0n) is 17.4. The van der Waals surface area contributed by atoms with Crippen molar-refractivity contribution >= 4 is 5.71 Å². The van der Waals surface area contributed by atoms with Crippen LogP contribution in [0.5, 0.6) is 0 Å². The van der Waals surface area contributed by atoms with Gasteiger partial charge in [0.25, 0.3) is 0 Å². The Morgan fingerprint density at radius 2 is 1.80 bits per heavy atom. The minimum Gasteiger partial charge on any atom is -0.396 e. The van der Waals surface area contributed by atoms with Gasteiger partial charge in [0.05, 0.1) is 5.71 Å². The van der Waals surface area contributed by atoms with Crippen molar-refractivity contribution in [3.8, 4) is 0 Å². The van der Waals surface area contributed by atoms with Crippen molar-refractivity contribution in [2.24, 2.45) is 16.5 Å². The summed E-state index contributed by atoms with van der Waals surface area (Å²) in [7, 11) is 0. The lowest BCUT2D eigenvalue weighted by Crippen LogP contribution is -2.26. The van der Waals surface area contributed by atoms with Gasteiger partial charge in [0.1, 0.15) is 6.61 Å². The Bertz CT molecular complexity index is 445. The molecule has 25 heavy (non-hydrogen) atoms. The first kappa shape index (κ1) is 22.0. The topological polar surface area (TPSA) is 21.6 Å².